The van der Waals surface area contributed by atoms with E-state index in [-0.39, 0.29) is 17.7 Å². The Labute approximate surface area is 106 Å². The normalized spacial score (nSPS) is 10.4. The molecule has 0 bridgehead atoms. The van der Waals surface area contributed by atoms with Crippen LogP contribution in [0, 0.1) is 5.92 Å². The van der Waals surface area contributed by atoms with Crippen LogP contribution in [0.5, 0.6) is 0 Å². The van der Waals surface area contributed by atoms with Crippen molar-refractivity contribution >= 4 is 23.3 Å². The zero-order chi connectivity index (χ0) is 12.8. The highest BCUT2D eigenvalue weighted by atomic mass is 35.5. The molecule has 1 N–H and O–H groups in total. The van der Waals surface area contributed by atoms with E-state index in [0.717, 1.165) is 0 Å². The van der Waals surface area contributed by atoms with E-state index in [4.69, 9.17) is 11.6 Å². The molecule has 0 aromatic carbocycles. The number of likely N-dealkylation sites (N-methyl/N-ethyl adjacent to an activating group) is 1. The molecule has 6 heteroatoms. The van der Waals surface area contributed by atoms with Gasteiger partial charge in [0, 0.05) is 19.8 Å². The molecular weight excluding hydrogens is 240 g/mol. The van der Waals surface area contributed by atoms with E-state index in [9.17, 15) is 4.79 Å². The highest BCUT2D eigenvalue weighted by Crippen LogP contribution is 2.09. The van der Waals surface area contributed by atoms with Gasteiger partial charge in [-0.1, -0.05) is 13.8 Å². The molecule has 1 heterocycles. The fourth-order valence-electron chi connectivity index (χ4n) is 1.21. The molecule has 1 aromatic rings. The molecule has 0 saturated heterocycles. The Morgan fingerprint density at radius 3 is 2.88 bits per heavy atom. The van der Waals surface area contributed by atoms with Crippen LogP contribution in [0.15, 0.2) is 12.3 Å². The molecule has 1 amide bonds. The van der Waals surface area contributed by atoms with Crippen molar-refractivity contribution in [1.82, 2.24) is 15.3 Å². The van der Waals surface area contributed by atoms with Crippen LogP contribution < -0.4 is 10.2 Å². The lowest BCUT2D eigenvalue weighted by Crippen LogP contribution is -2.37. The molecule has 0 radical (unpaired) electrons. The number of anilines is 1. The van der Waals surface area contributed by atoms with Crippen molar-refractivity contribution in [3.05, 3.63) is 17.5 Å². The Kier molecular flexibility index (Phi) is 5.15. The fraction of sp³-hybridized carbons (Fsp3) is 0.545. The number of carbonyl (C=O) groups is 1. The first kappa shape index (κ1) is 13.7. The average molecular weight is 257 g/mol. The van der Waals surface area contributed by atoms with Gasteiger partial charge < -0.3 is 10.2 Å². The van der Waals surface area contributed by atoms with Crippen LogP contribution in [-0.4, -0.2) is 36.0 Å². The summed E-state index contributed by atoms with van der Waals surface area (Å²) >= 11 is 5.68. The smallest absolute Gasteiger partial charge is 0.239 e. The van der Waals surface area contributed by atoms with Crippen LogP contribution in [0.4, 0.5) is 5.82 Å². The molecular formula is C11H17ClN4O. The summed E-state index contributed by atoms with van der Waals surface area (Å²) in [4.78, 5) is 21.1. The summed E-state index contributed by atoms with van der Waals surface area (Å²) in [5.41, 5.74) is 0. The Balaban J connectivity index is 2.48. The lowest BCUT2D eigenvalue weighted by Gasteiger charge is -2.17. The van der Waals surface area contributed by atoms with Gasteiger partial charge in [-0.05, 0) is 23.6 Å². The van der Waals surface area contributed by atoms with Gasteiger partial charge in [-0.3, -0.25) is 4.79 Å². The maximum absolute atomic E-state index is 11.6. The number of amides is 1. The first-order valence-electron chi connectivity index (χ1n) is 5.45. The third kappa shape index (κ3) is 4.99. The van der Waals surface area contributed by atoms with Crippen molar-refractivity contribution in [2.45, 2.75) is 13.8 Å². The molecule has 5 nitrogen and oxygen atoms in total. The molecule has 0 aliphatic heterocycles. The fourth-order valence-corrected chi connectivity index (χ4v) is 1.35. The highest BCUT2D eigenvalue weighted by molar-refractivity contribution is 6.28. The quantitative estimate of drug-likeness (QED) is 0.808. The summed E-state index contributed by atoms with van der Waals surface area (Å²) in [7, 11) is 1.79. The van der Waals surface area contributed by atoms with Crippen LogP contribution in [0.25, 0.3) is 0 Å². The van der Waals surface area contributed by atoms with Crippen molar-refractivity contribution < 1.29 is 4.79 Å². The van der Waals surface area contributed by atoms with Crippen LogP contribution in [0.1, 0.15) is 13.8 Å². The molecule has 0 saturated carbocycles. The number of aromatic nitrogens is 2. The lowest BCUT2D eigenvalue weighted by molar-refractivity contribution is -0.119. The summed E-state index contributed by atoms with van der Waals surface area (Å²) in [6, 6.07) is 1.71. The molecule has 0 unspecified atom stereocenters. The first-order valence-corrected chi connectivity index (χ1v) is 5.83. The second-order valence-electron chi connectivity index (χ2n) is 4.24. The number of rotatable bonds is 5. The van der Waals surface area contributed by atoms with E-state index in [1.807, 2.05) is 13.8 Å². The Hall–Kier alpha value is -1.36. The lowest BCUT2D eigenvalue weighted by atomic mass is 10.2. The van der Waals surface area contributed by atoms with E-state index < -0.39 is 0 Å². The summed E-state index contributed by atoms with van der Waals surface area (Å²) in [5, 5.41) is 3.02. The summed E-state index contributed by atoms with van der Waals surface area (Å²) in [5.74, 6) is 1.04. The maximum Gasteiger partial charge on any atom is 0.239 e. The van der Waals surface area contributed by atoms with Crippen molar-refractivity contribution in [1.29, 1.82) is 0 Å². The summed E-state index contributed by atoms with van der Waals surface area (Å²) in [6.45, 7) is 5.03. The molecule has 0 aliphatic carbocycles. The van der Waals surface area contributed by atoms with Gasteiger partial charge in [0.15, 0.2) is 0 Å². The Bertz CT molecular complexity index is 383. The number of nitrogens with one attached hydrogen (secondary N) is 1. The predicted molar refractivity (Wildman–Crippen MR) is 68.2 cm³/mol. The van der Waals surface area contributed by atoms with Gasteiger partial charge in [0.2, 0.25) is 11.2 Å². The third-order valence-corrected chi connectivity index (χ3v) is 2.27. The van der Waals surface area contributed by atoms with Gasteiger partial charge in [-0.15, -0.1) is 0 Å². The molecule has 94 valence electrons. The molecule has 0 atom stereocenters. The molecule has 1 rings (SSSR count). The van der Waals surface area contributed by atoms with E-state index in [0.29, 0.717) is 18.3 Å². The number of halogens is 1. The minimum atomic E-state index is -0.0315. The van der Waals surface area contributed by atoms with E-state index in [1.54, 1.807) is 24.2 Å². The van der Waals surface area contributed by atoms with Gasteiger partial charge in [-0.25, -0.2) is 9.97 Å². The number of hydrogen-bond acceptors (Lipinski definition) is 4. The maximum atomic E-state index is 11.6. The van der Waals surface area contributed by atoms with Crippen molar-refractivity contribution in [2.24, 2.45) is 5.92 Å². The number of hydrogen-bond donors (Lipinski definition) is 1. The topological polar surface area (TPSA) is 58.1 Å². The van der Waals surface area contributed by atoms with Crippen LogP contribution in [0.2, 0.25) is 5.28 Å². The number of carbonyl (C=O) groups excluding carboxylic acids is 1. The van der Waals surface area contributed by atoms with E-state index in [2.05, 4.69) is 15.3 Å². The summed E-state index contributed by atoms with van der Waals surface area (Å²) in [6.07, 6.45) is 1.56. The van der Waals surface area contributed by atoms with Crippen LogP contribution in [-0.2, 0) is 4.79 Å². The largest absolute Gasteiger partial charge is 0.354 e. The molecule has 0 fully saturated rings. The van der Waals surface area contributed by atoms with Crippen LogP contribution >= 0.6 is 11.6 Å². The average Bonchev–Trinajstić information content (AvgIpc) is 2.26. The second kappa shape index (κ2) is 6.39. The predicted octanol–water partition coefficient (Wildman–Crippen LogP) is 1.34. The second-order valence-corrected chi connectivity index (χ2v) is 4.58. The third-order valence-electron chi connectivity index (χ3n) is 2.09. The molecule has 0 spiro atoms. The molecule has 1 aromatic heterocycles. The summed E-state index contributed by atoms with van der Waals surface area (Å²) < 4.78 is 0. The van der Waals surface area contributed by atoms with Crippen molar-refractivity contribution in [2.75, 3.05) is 25.0 Å². The highest BCUT2D eigenvalue weighted by Gasteiger charge is 2.09. The minimum Gasteiger partial charge on any atom is -0.354 e. The molecule has 17 heavy (non-hydrogen) atoms. The van der Waals surface area contributed by atoms with Gasteiger partial charge in [0.05, 0.1) is 6.54 Å². The van der Waals surface area contributed by atoms with Crippen LogP contribution in [0.3, 0.4) is 0 Å². The van der Waals surface area contributed by atoms with Gasteiger partial charge in [0.25, 0.3) is 0 Å². The Morgan fingerprint density at radius 2 is 2.29 bits per heavy atom. The van der Waals surface area contributed by atoms with Crippen molar-refractivity contribution in [3.63, 3.8) is 0 Å². The Morgan fingerprint density at radius 1 is 1.59 bits per heavy atom. The minimum absolute atomic E-state index is 0.0315. The standard InChI is InChI=1S/C11H17ClN4O/c1-8(2)6-14-10(17)7-16(3)9-4-5-13-11(12)15-9/h4-5,8H,6-7H2,1-3H3,(H,14,17). The molecule has 0 aliphatic rings. The first-order chi connectivity index (χ1) is 7.99. The number of nitrogens with zero attached hydrogens (tertiary/aromatic N) is 3. The van der Waals surface area contributed by atoms with Gasteiger partial charge >= 0.3 is 0 Å². The zero-order valence-corrected chi connectivity index (χ0v) is 11.0. The SMILES string of the molecule is CC(C)CNC(=O)CN(C)c1ccnc(Cl)n1. The van der Waals surface area contributed by atoms with Crippen molar-refractivity contribution in [3.8, 4) is 0 Å². The van der Waals surface area contributed by atoms with E-state index in [1.165, 1.54) is 0 Å². The van der Waals surface area contributed by atoms with Gasteiger partial charge in [0.1, 0.15) is 5.82 Å². The van der Waals surface area contributed by atoms with E-state index >= 15 is 0 Å². The monoisotopic (exact) mass is 256 g/mol. The zero-order valence-electron chi connectivity index (χ0n) is 10.3. The van der Waals surface area contributed by atoms with Gasteiger partial charge in [-0.2, -0.15) is 0 Å².